The maximum absolute atomic E-state index is 11.3. The highest BCUT2D eigenvalue weighted by molar-refractivity contribution is 7.80. The molecule has 15 heavy (non-hydrogen) atoms. The Morgan fingerprint density at radius 3 is 2.07 bits per heavy atom. The Hall–Kier alpha value is -0.380. The fourth-order valence-corrected chi connectivity index (χ4v) is 1.39. The van der Waals surface area contributed by atoms with Crippen LogP contribution in [-0.2, 0) is 9.47 Å². The average molecular weight is 234 g/mol. The van der Waals surface area contributed by atoms with E-state index in [9.17, 15) is 4.79 Å². The van der Waals surface area contributed by atoms with Crippen LogP contribution in [0.3, 0.4) is 0 Å². The molecule has 0 saturated heterocycles. The van der Waals surface area contributed by atoms with Gasteiger partial charge >= 0.3 is 6.16 Å². The van der Waals surface area contributed by atoms with Gasteiger partial charge in [0.25, 0.3) is 0 Å². The maximum Gasteiger partial charge on any atom is 0.509 e. The van der Waals surface area contributed by atoms with E-state index in [1.54, 1.807) is 0 Å². The first kappa shape index (κ1) is 14.6. The normalized spacial score (nSPS) is 15.2. The molecule has 3 nitrogen and oxygen atoms in total. The van der Waals surface area contributed by atoms with Gasteiger partial charge in [-0.05, 0) is 25.2 Å². The minimum absolute atomic E-state index is 0.128. The summed E-state index contributed by atoms with van der Waals surface area (Å²) in [6.07, 6.45) is -0.0252. The molecule has 0 spiro atoms. The van der Waals surface area contributed by atoms with Crippen LogP contribution in [0, 0.1) is 11.8 Å². The van der Waals surface area contributed by atoms with Gasteiger partial charge in [-0.15, -0.1) is 12.6 Å². The van der Waals surface area contributed by atoms with Gasteiger partial charge in [0.2, 0.25) is 0 Å². The number of rotatable bonds is 5. The second-order valence-electron chi connectivity index (χ2n) is 4.52. The summed E-state index contributed by atoms with van der Waals surface area (Å²) in [5, 5.41) is 0. The quantitative estimate of drug-likeness (QED) is 0.449. The summed E-state index contributed by atoms with van der Waals surface area (Å²) in [5.41, 5.74) is -0.378. The Labute approximate surface area is 97.9 Å². The van der Waals surface area contributed by atoms with Crippen LogP contribution in [0.4, 0.5) is 4.79 Å². The number of thiol groups is 1. The molecule has 0 radical (unpaired) electrons. The molecule has 0 saturated carbocycles. The summed E-state index contributed by atoms with van der Waals surface area (Å²) in [5.74, 6) is 0.740. The predicted molar refractivity (Wildman–Crippen MR) is 64.1 cm³/mol. The van der Waals surface area contributed by atoms with Gasteiger partial charge in [-0.3, -0.25) is 0 Å². The third-order valence-corrected chi connectivity index (χ3v) is 2.44. The molecule has 90 valence electrons. The molecule has 0 fully saturated rings. The van der Waals surface area contributed by atoms with Gasteiger partial charge in [0.05, 0.1) is 0 Å². The fourth-order valence-electron chi connectivity index (χ4n) is 0.878. The summed E-state index contributed by atoms with van der Waals surface area (Å²) in [7, 11) is 0. The van der Waals surface area contributed by atoms with Crippen LogP contribution in [-0.4, -0.2) is 17.7 Å². The highest BCUT2D eigenvalue weighted by Gasteiger charge is 2.17. The molecule has 0 bridgehead atoms. The highest BCUT2D eigenvalue weighted by Crippen LogP contribution is 2.14. The fraction of sp³-hybridized carbons (Fsp3) is 0.909. The van der Waals surface area contributed by atoms with Crippen LogP contribution in [0.1, 0.15) is 41.0 Å². The lowest BCUT2D eigenvalue weighted by atomic mass is 10.1. The van der Waals surface area contributed by atoms with Crippen LogP contribution in [0.2, 0.25) is 0 Å². The second-order valence-corrected chi connectivity index (χ2v) is 5.10. The number of carbonyl (C=O) groups excluding carboxylic acids is 1. The molecule has 2 unspecified atom stereocenters. The van der Waals surface area contributed by atoms with Crippen molar-refractivity contribution < 1.29 is 14.3 Å². The lowest BCUT2D eigenvalue weighted by Gasteiger charge is -2.19. The van der Waals surface area contributed by atoms with E-state index in [1.807, 2.05) is 20.8 Å². The summed E-state index contributed by atoms with van der Waals surface area (Å²) in [6.45, 7) is 9.93. The van der Waals surface area contributed by atoms with E-state index in [-0.39, 0.29) is 11.5 Å². The lowest BCUT2D eigenvalue weighted by molar-refractivity contribution is 0.00669. The minimum Gasteiger partial charge on any atom is -0.431 e. The van der Waals surface area contributed by atoms with Gasteiger partial charge in [0.1, 0.15) is 11.5 Å². The largest absolute Gasteiger partial charge is 0.509 e. The first-order chi connectivity index (χ1) is 6.82. The van der Waals surface area contributed by atoms with Crippen LogP contribution in [0.25, 0.3) is 0 Å². The van der Waals surface area contributed by atoms with Crippen molar-refractivity contribution in [3.63, 3.8) is 0 Å². The monoisotopic (exact) mass is 234 g/mol. The molecule has 0 N–H and O–H groups in total. The van der Waals surface area contributed by atoms with Crippen molar-refractivity contribution in [1.29, 1.82) is 0 Å². The van der Waals surface area contributed by atoms with Crippen LogP contribution in [0.5, 0.6) is 0 Å². The van der Waals surface area contributed by atoms with E-state index in [4.69, 9.17) is 9.47 Å². The van der Waals surface area contributed by atoms with E-state index in [1.165, 1.54) is 0 Å². The van der Waals surface area contributed by atoms with E-state index in [0.29, 0.717) is 11.8 Å². The first-order valence-electron chi connectivity index (χ1n) is 5.38. The zero-order valence-electron chi connectivity index (χ0n) is 10.2. The number of carbonyl (C=O) groups is 1. The lowest BCUT2D eigenvalue weighted by Crippen LogP contribution is -2.23. The highest BCUT2D eigenvalue weighted by atomic mass is 32.1. The molecule has 0 rings (SSSR count). The summed E-state index contributed by atoms with van der Waals surface area (Å²) in [4.78, 5) is 11.3. The van der Waals surface area contributed by atoms with Gasteiger partial charge in [-0.1, -0.05) is 27.7 Å². The Morgan fingerprint density at radius 2 is 1.67 bits per heavy atom. The second kappa shape index (κ2) is 6.99. The van der Waals surface area contributed by atoms with Gasteiger partial charge < -0.3 is 9.47 Å². The number of hydrogen-bond acceptors (Lipinski definition) is 4. The molecule has 0 heterocycles. The summed E-state index contributed by atoms with van der Waals surface area (Å²) < 4.78 is 10.0. The van der Waals surface area contributed by atoms with Crippen molar-refractivity contribution in [2.75, 3.05) is 0 Å². The predicted octanol–water partition coefficient (Wildman–Crippen LogP) is 3.49. The standard InChI is InChI=1S/C11H22O3S/c1-7(2)6-10(15)14-11(12)13-9(5)8(3)4/h7-10,15H,6H2,1-5H3. The molecule has 0 aromatic heterocycles. The van der Waals surface area contributed by atoms with Crippen LogP contribution < -0.4 is 0 Å². The van der Waals surface area contributed by atoms with Crippen molar-refractivity contribution >= 4 is 18.8 Å². The van der Waals surface area contributed by atoms with Crippen molar-refractivity contribution in [1.82, 2.24) is 0 Å². The maximum atomic E-state index is 11.3. The molecule has 0 amide bonds. The van der Waals surface area contributed by atoms with E-state index >= 15 is 0 Å². The zero-order chi connectivity index (χ0) is 12.0. The van der Waals surface area contributed by atoms with Crippen LogP contribution >= 0.6 is 12.6 Å². The first-order valence-corrected chi connectivity index (χ1v) is 5.89. The molecule has 2 atom stereocenters. The molecular weight excluding hydrogens is 212 g/mol. The van der Waals surface area contributed by atoms with E-state index < -0.39 is 6.16 Å². The third kappa shape index (κ3) is 7.54. The Bertz CT molecular complexity index is 192. The van der Waals surface area contributed by atoms with Gasteiger partial charge in [0.15, 0.2) is 0 Å². The average Bonchev–Trinajstić information content (AvgIpc) is 2.00. The molecule has 0 aliphatic heterocycles. The summed E-state index contributed by atoms with van der Waals surface area (Å²) >= 11 is 4.16. The van der Waals surface area contributed by atoms with Crippen LogP contribution in [0.15, 0.2) is 0 Å². The number of hydrogen-bond donors (Lipinski definition) is 1. The Balaban J connectivity index is 3.83. The zero-order valence-corrected chi connectivity index (χ0v) is 11.1. The number of ether oxygens (including phenoxy) is 2. The van der Waals surface area contributed by atoms with E-state index in [2.05, 4.69) is 26.5 Å². The molecule has 0 aromatic carbocycles. The van der Waals surface area contributed by atoms with Crippen molar-refractivity contribution in [3.05, 3.63) is 0 Å². The molecule has 4 heteroatoms. The summed E-state index contributed by atoms with van der Waals surface area (Å²) in [6, 6.07) is 0. The van der Waals surface area contributed by atoms with Gasteiger partial charge in [0, 0.05) is 0 Å². The third-order valence-electron chi connectivity index (χ3n) is 2.13. The smallest absolute Gasteiger partial charge is 0.431 e. The van der Waals surface area contributed by atoms with Crippen molar-refractivity contribution in [2.24, 2.45) is 11.8 Å². The molecule has 0 aromatic rings. The van der Waals surface area contributed by atoms with Gasteiger partial charge in [-0.2, -0.15) is 0 Å². The Morgan fingerprint density at radius 1 is 1.13 bits per heavy atom. The Kier molecular flexibility index (Phi) is 6.81. The van der Waals surface area contributed by atoms with Gasteiger partial charge in [-0.25, -0.2) is 4.79 Å². The minimum atomic E-state index is -0.628. The van der Waals surface area contributed by atoms with E-state index in [0.717, 1.165) is 6.42 Å². The molecule has 0 aliphatic rings. The van der Waals surface area contributed by atoms with Crippen molar-refractivity contribution in [3.8, 4) is 0 Å². The van der Waals surface area contributed by atoms with Crippen molar-refractivity contribution in [2.45, 2.75) is 52.6 Å². The topological polar surface area (TPSA) is 35.5 Å². The SMILES string of the molecule is CC(C)CC(S)OC(=O)OC(C)C(C)C. The molecule has 0 aliphatic carbocycles. The molecular formula is C11H22O3S.